The minimum absolute atomic E-state index is 0.196. The van der Waals surface area contributed by atoms with Crippen LogP contribution in [0.3, 0.4) is 0 Å². The van der Waals surface area contributed by atoms with Crippen LogP contribution in [0, 0.1) is 17.3 Å². The fourth-order valence-corrected chi connectivity index (χ4v) is 5.24. The van der Waals surface area contributed by atoms with E-state index in [-0.39, 0.29) is 5.92 Å². The minimum Gasteiger partial charge on any atom is -0.481 e. The summed E-state index contributed by atoms with van der Waals surface area (Å²) in [6.45, 7) is 8.27. The molecule has 1 aliphatic carbocycles. The van der Waals surface area contributed by atoms with Gasteiger partial charge in [0.2, 0.25) is 5.13 Å². The number of anilines is 1. The summed E-state index contributed by atoms with van der Waals surface area (Å²) in [7, 11) is 0. The first-order valence-electron chi connectivity index (χ1n) is 9.02. The molecule has 1 unspecified atom stereocenters. The third-order valence-corrected chi connectivity index (χ3v) is 7.33. The van der Waals surface area contributed by atoms with Crippen LogP contribution in [-0.2, 0) is 4.79 Å². The highest BCUT2D eigenvalue weighted by atomic mass is 32.1. The number of rotatable bonds is 5. The molecule has 1 aromatic rings. The molecule has 7 heteroatoms. The Morgan fingerprint density at radius 3 is 2.67 bits per heavy atom. The van der Waals surface area contributed by atoms with Gasteiger partial charge in [0.25, 0.3) is 0 Å². The maximum absolute atomic E-state index is 12.1. The summed E-state index contributed by atoms with van der Waals surface area (Å²) in [6, 6.07) is 0. The first-order valence-corrected chi connectivity index (χ1v) is 9.83. The van der Waals surface area contributed by atoms with Crippen LogP contribution in [0.25, 0.3) is 0 Å². The third kappa shape index (κ3) is 2.62. The molecule has 24 heavy (non-hydrogen) atoms. The molecule has 132 valence electrons. The molecule has 0 amide bonds. The molecule has 4 rings (SSSR count). The van der Waals surface area contributed by atoms with Gasteiger partial charge in [-0.15, -0.1) is 10.2 Å². The minimum atomic E-state index is -0.639. The van der Waals surface area contributed by atoms with Crippen molar-refractivity contribution in [1.82, 2.24) is 15.1 Å². The van der Waals surface area contributed by atoms with E-state index < -0.39 is 11.4 Å². The summed E-state index contributed by atoms with van der Waals surface area (Å²) >= 11 is 1.61. The molecule has 2 atom stereocenters. The van der Waals surface area contributed by atoms with Crippen LogP contribution in [0.1, 0.15) is 44.0 Å². The first-order chi connectivity index (χ1) is 11.5. The highest BCUT2D eigenvalue weighted by Gasteiger charge is 2.58. The van der Waals surface area contributed by atoms with Gasteiger partial charge in [0.05, 0.1) is 0 Å². The van der Waals surface area contributed by atoms with Gasteiger partial charge in [-0.2, -0.15) is 0 Å². The summed E-state index contributed by atoms with van der Waals surface area (Å²) < 4.78 is 0. The van der Waals surface area contributed by atoms with Gasteiger partial charge < -0.3 is 14.9 Å². The van der Waals surface area contributed by atoms with Gasteiger partial charge in [0.15, 0.2) is 0 Å². The van der Waals surface area contributed by atoms with Crippen molar-refractivity contribution in [3.63, 3.8) is 0 Å². The normalized spacial score (nSPS) is 30.8. The summed E-state index contributed by atoms with van der Waals surface area (Å²) in [5.74, 6) is 0.716. The lowest BCUT2D eigenvalue weighted by Gasteiger charge is -2.31. The maximum atomic E-state index is 12.1. The van der Waals surface area contributed by atoms with Crippen LogP contribution in [0.5, 0.6) is 0 Å². The van der Waals surface area contributed by atoms with E-state index in [1.165, 1.54) is 19.3 Å². The second-order valence-electron chi connectivity index (χ2n) is 8.11. The van der Waals surface area contributed by atoms with Gasteiger partial charge in [0, 0.05) is 44.6 Å². The highest BCUT2D eigenvalue weighted by molar-refractivity contribution is 7.15. The smallest absolute Gasteiger partial charge is 0.313 e. The molecule has 6 nitrogen and oxygen atoms in total. The van der Waals surface area contributed by atoms with E-state index in [1.807, 2.05) is 0 Å². The summed E-state index contributed by atoms with van der Waals surface area (Å²) in [4.78, 5) is 16.7. The number of carbonyl (C=O) groups is 1. The molecule has 1 saturated carbocycles. The Morgan fingerprint density at radius 2 is 2.12 bits per heavy atom. The standard InChI is InChI=1S/C17H26N4O2S/c1-11(2)14-18-19-16(24-14)21-8-13-7-20(6-12-4-3-5-12)9-17(13,10-21)15(22)23/h11-13H,3-10H2,1-2H3,(H,22,23)/t13?,17-/m1/s1. The fourth-order valence-electron chi connectivity index (χ4n) is 4.38. The molecule has 1 N–H and O–H groups in total. The third-order valence-electron chi connectivity index (χ3n) is 6.04. The van der Waals surface area contributed by atoms with Crippen molar-refractivity contribution in [2.24, 2.45) is 17.3 Å². The monoisotopic (exact) mass is 350 g/mol. The second kappa shape index (κ2) is 5.95. The van der Waals surface area contributed by atoms with Crippen molar-refractivity contribution in [1.29, 1.82) is 0 Å². The molecule has 0 radical (unpaired) electrons. The molecule has 0 spiro atoms. The quantitative estimate of drug-likeness (QED) is 0.879. The van der Waals surface area contributed by atoms with Gasteiger partial charge >= 0.3 is 5.97 Å². The van der Waals surface area contributed by atoms with Crippen molar-refractivity contribution in [3.8, 4) is 0 Å². The lowest BCUT2D eigenvalue weighted by Crippen LogP contribution is -2.42. The molecule has 0 bridgehead atoms. The number of fused-ring (bicyclic) bond motifs is 1. The van der Waals surface area contributed by atoms with Crippen molar-refractivity contribution < 1.29 is 9.90 Å². The van der Waals surface area contributed by atoms with Crippen molar-refractivity contribution >= 4 is 22.4 Å². The molecular formula is C17H26N4O2S. The zero-order valence-corrected chi connectivity index (χ0v) is 15.3. The Labute approximate surface area is 146 Å². The van der Waals surface area contributed by atoms with Crippen molar-refractivity contribution in [2.75, 3.05) is 37.6 Å². The van der Waals surface area contributed by atoms with E-state index in [4.69, 9.17) is 0 Å². The second-order valence-corrected chi connectivity index (χ2v) is 9.09. The number of aromatic nitrogens is 2. The van der Waals surface area contributed by atoms with Crippen LogP contribution < -0.4 is 4.90 Å². The molecule has 3 fully saturated rings. The molecule has 0 aromatic carbocycles. The van der Waals surface area contributed by atoms with Crippen LogP contribution in [0.4, 0.5) is 5.13 Å². The van der Waals surface area contributed by atoms with Gasteiger partial charge in [-0.3, -0.25) is 4.79 Å². The Hall–Kier alpha value is -1.21. The molecule has 3 heterocycles. The first kappa shape index (κ1) is 16.3. The van der Waals surface area contributed by atoms with Crippen LogP contribution in [0.15, 0.2) is 0 Å². The van der Waals surface area contributed by atoms with Crippen LogP contribution >= 0.6 is 11.3 Å². The van der Waals surface area contributed by atoms with Crippen LogP contribution in [0.2, 0.25) is 0 Å². The number of likely N-dealkylation sites (tertiary alicyclic amines) is 1. The topological polar surface area (TPSA) is 69.6 Å². The SMILES string of the molecule is CC(C)c1nnc(N2CC3CN(CC4CCC4)C[C@@]3(C(=O)O)C2)s1. The number of hydrogen-bond acceptors (Lipinski definition) is 6. The molecule has 1 aromatic heterocycles. The number of hydrogen-bond donors (Lipinski definition) is 1. The lowest BCUT2D eigenvalue weighted by molar-refractivity contribution is -0.148. The highest BCUT2D eigenvalue weighted by Crippen LogP contribution is 2.45. The van der Waals surface area contributed by atoms with Gasteiger partial charge in [-0.1, -0.05) is 31.6 Å². The van der Waals surface area contributed by atoms with E-state index in [9.17, 15) is 9.90 Å². The summed E-state index contributed by atoms with van der Waals surface area (Å²) in [5.41, 5.74) is -0.632. The maximum Gasteiger partial charge on any atom is 0.313 e. The van der Waals surface area contributed by atoms with E-state index >= 15 is 0 Å². The average molecular weight is 350 g/mol. The van der Waals surface area contributed by atoms with Crippen molar-refractivity contribution in [3.05, 3.63) is 5.01 Å². The molecule has 3 aliphatic rings. The molecule has 2 saturated heterocycles. The Bertz CT molecular complexity index is 630. The largest absolute Gasteiger partial charge is 0.481 e. The number of aliphatic carboxylic acids is 1. The predicted molar refractivity (Wildman–Crippen MR) is 93.6 cm³/mol. The zero-order valence-electron chi connectivity index (χ0n) is 14.4. The Kier molecular flexibility index (Phi) is 4.03. The lowest BCUT2D eigenvalue weighted by atomic mass is 9.81. The summed E-state index contributed by atoms with van der Waals surface area (Å²) in [5, 5.41) is 20.5. The predicted octanol–water partition coefficient (Wildman–Crippen LogP) is 2.28. The summed E-state index contributed by atoms with van der Waals surface area (Å²) in [6.07, 6.45) is 3.97. The van der Waals surface area contributed by atoms with E-state index in [2.05, 4.69) is 33.8 Å². The van der Waals surface area contributed by atoms with Crippen LogP contribution in [-0.4, -0.2) is 58.9 Å². The van der Waals surface area contributed by atoms with Crippen molar-refractivity contribution in [2.45, 2.75) is 39.0 Å². The van der Waals surface area contributed by atoms with E-state index in [0.29, 0.717) is 19.0 Å². The van der Waals surface area contributed by atoms with Gasteiger partial charge in [-0.05, 0) is 18.8 Å². The van der Waals surface area contributed by atoms with E-state index in [1.54, 1.807) is 11.3 Å². The number of carboxylic acid groups (broad SMARTS) is 1. The number of nitrogens with zero attached hydrogens (tertiary/aromatic N) is 4. The zero-order chi connectivity index (χ0) is 16.9. The van der Waals surface area contributed by atoms with Gasteiger partial charge in [0.1, 0.15) is 10.4 Å². The van der Waals surface area contributed by atoms with E-state index in [0.717, 1.165) is 35.7 Å². The number of carboxylic acids is 1. The fraction of sp³-hybridized carbons (Fsp3) is 0.824. The molecular weight excluding hydrogens is 324 g/mol. The Morgan fingerprint density at radius 1 is 1.33 bits per heavy atom. The Balaban J connectivity index is 1.48. The molecule has 2 aliphatic heterocycles. The average Bonchev–Trinajstić information content (AvgIpc) is 3.14. The van der Waals surface area contributed by atoms with Gasteiger partial charge in [-0.25, -0.2) is 0 Å².